The molecular formula is C29H20BrN3O2. The summed E-state index contributed by atoms with van der Waals surface area (Å²) in [5, 5.41) is 11.4. The number of rotatable bonds is 5. The van der Waals surface area contributed by atoms with Crippen molar-refractivity contribution in [3.8, 4) is 0 Å². The molecule has 6 heteroatoms. The Morgan fingerprint density at radius 1 is 0.714 bits per heavy atom. The van der Waals surface area contributed by atoms with Gasteiger partial charge in [0, 0.05) is 21.3 Å². The van der Waals surface area contributed by atoms with E-state index in [1.807, 2.05) is 48.5 Å². The van der Waals surface area contributed by atoms with Crippen LogP contribution in [0.2, 0.25) is 0 Å². The number of halogens is 1. The summed E-state index contributed by atoms with van der Waals surface area (Å²) in [6.07, 6.45) is 1.69. The summed E-state index contributed by atoms with van der Waals surface area (Å²) in [6.45, 7) is 0. The van der Waals surface area contributed by atoms with Gasteiger partial charge in [-0.3, -0.25) is 9.59 Å². The van der Waals surface area contributed by atoms with Crippen LogP contribution < -0.4 is 10.7 Å². The van der Waals surface area contributed by atoms with E-state index in [0.717, 1.165) is 27.1 Å². The van der Waals surface area contributed by atoms with Gasteiger partial charge in [0.1, 0.15) is 0 Å². The minimum absolute atomic E-state index is 0.235. The number of nitrogens with zero attached hydrogens (tertiary/aromatic N) is 1. The average molecular weight is 522 g/mol. The van der Waals surface area contributed by atoms with E-state index in [4.69, 9.17) is 0 Å². The van der Waals surface area contributed by atoms with Crippen LogP contribution in [-0.2, 0) is 0 Å². The van der Waals surface area contributed by atoms with Crippen LogP contribution in [0.4, 0.5) is 5.69 Å². The number of benzene rings is 5. The molecule has 0 spiro atoms. The molecule has 0 radical (unpaired) electrons. The minimum atomic E-state index is -0.338. The standard InChI is InChI=1S/C29H20BrN3O2/c30-27-12-6-5-11-25(27)29(35)32-22-15-13-19(14-16-22)28(34)33-31-18-26-23-9-3-1-7-20(23)17-21-8-2-4-10-24(21)26/h1-18H,(H,32,35)(H,33,34)/b31-18-. The third kappa shape index (κ3) is 4.83. The van der Waals surface area contributed by atoms with Gasteiger partial charge in [-0.25, -0.2) is 5.43 Å². The third-order valence-corrected chi connectivity index (χ3v) is 6.39. The molecule has 0 aliphatic rings. The molecule has 0 saturated heterocycles. The van der Waals surface area contributed by atoms with Crippen LogP contribution >= 0.6 is 15.9 Å². The van der Waals surface area contributed by atoms with Gasteiger partial charge in [-0.15, -0.1) is 0 Å². The highest BCUT2D eigenvalue weighted by molar-refractivity contribution is 9.10. The van der Waals surface area contributed by atoms with Gasteiger partial charge < -0.3 is 5.32 Å². The van der Waals surface area contributed by atoms with Crippen LogP contribution in [0.3, 0.4) is 0 Å². The molecule has 2 amide bonds. The first-order valence-corrected chi connectivity index (χ1v) is 11.8. The molecule has 0 fully saturated rings. The average Bonchev–Trinajstić information content (AvgIpc) is 2.89. The Balaban J connectivity index is 1.31. The smallest absolute Gasteiger partial charge is 0.271 e. The molecule has 0 aromatic heterocycles. The number of carbonyl (C=O) groups is 2. The molecule has 5 nitrogen and oxygen atoms in total. The Morgan fingerprint density at radius 3 is 1.97 bits per heavy atom. The van der Waals surface area contributed by atoms with Gasteiger partial charge in [0.05, 0.1) is 11.8 Å². The fraction of sp³-hybridized carbons (Fsp3) is 0. The molecule has 5 aromatic rings. The molecule has 0 atom stereocenters. The van der Waals surface area contributed by atoms with E-state index in [2.05, 4.69) is 50.0 Å². The fourth-order valence-electron chi connectivity index (χ4n) is 3.96. The van der Waals surface area contributed by atoms with E-state index in [1.165, 1.54) is 0 Å². The summed E-state index contributed by atoms with van der Waals surface area (Å²) in [5.74, 6) is -0.573. The maximum atomic E-state index is 12.6. The van der Waals surface area contributed by atoms with Crippen molar-refractivity contribution in [2.75, 3.05) is 5.32 Å². The van der Waals surface area contributed by atoms with E-state index in [-0.39, 0.29) is 11.8 Å². The largest absolute Gasteiger partial charge is 0.322 e. The number of nitrogens with one attached hydrogen (secondary N) is 2. The number of carbonyl (C=O) groups excluding carboxylic acids is 2. The molecule has 0 aliphatic heterocycles. The number of hydrogen-bond acceptors (Lipinski definition) is 3. The monoisotopic (exact) mass is 521 g/mol. The van der Waals surface area contributed by atoms with Crippen molar-refractivity contribution in [1.29, 1.82) is 0 Å². The topological polar surface area (TPSA) is 70.6 Å². The Bertz CT molecular complexity index is 1540. The first-order valence-electron chi connectivity index (χ1n) is 11.0. The van der Waals surface area contributed by atoms with E-state index in [1.54, 1.807) is 42.6 Å². The Kier molecular flexibility index (Phi) is 6.37. The van der Waals surface area contributed by atoms with Crippen molar-refractivity contribution in [1.82, 2.24) is 5.43 Å². The predicted octanol–water partition coefficient (Wildman–Crippen LogP) is 6.77. The SMILES string of the molecule is O=C(N/N=C\c1c2ccccc2cc2ccccc12)c1ccc(NC(=O)c2ccccc2Br)cc1. The summed E-state index contributed by atoms with van der Waals surface area (Å²) < 4.78 is 0.713. The molecule has 0 saturated carbocycles. The number of fused-ring (bicyclic) bond motifs is 2. The summed E-state index contributed by atoms with van der Waals surface area (Å²) in [4.78, 5) is 25.1. The molecule has 0 aliphatic carbocycles. The van der Waals surface area contributed by atoms with Crippen molar-refractivity contribution in [2.45, 2.75) is 0 Å². The van der Waals surface area contributed by atoms with Gasteiger partial charge in [-0.2, -0.15) is 5.10 Å². The molecule has 5 rings (SSSR count). The number of hydrazone groups is 1. The highest BCUT2D eigenvalue weighted by atomic mass is 79.9. The van der Waals surface area contributed by atoms with E-state index >= 15 is 0 Å². The molecule has 0 bridgehead atoms. The van der Waals surface area contributed by atoms with E-state index in [9.17, 15) is 9.59 Å². The molecule has 0 heterocycles. The zero-order valence-electron chi connectivity index (χ0n) is 18.5. The highest BCUT2D eigenvalue weighted by Crippen LogP contribution is 2.27. The Labute approximate surface area is 210 Å². The van der Waals surface area contributed by atoms with Crippen molar-refractivity contribution in [2.24, 2.45) is 5.10 Å². The van der Waals surface area contributed by atoms with Gasteiger partial charge in [0.25, 0.3) is 11.8 Å². The van der Waals surface area contributed by atoms with E-state index in [0.29, 0.717) is 21.3 Å². The summed E-state index contributed by atoms with van der Waals surface area (Å²) in [6, 6.07) is 32.2. The van der Waals surface area contributed by atoms with Crippen LogP contribution in [0, 0.1) is 0 Å². The fourth-order valence-corrected chi connectivity index (χ4v) is 4.42. The lowest BCUT2D eigenvalue weighted by molar-refractivity contribution is 0.0954. The predicted molar refractivity (Wildman–Crippen MR) is 145 cm³/mol. The Morgan fingerprint density at radius 2 is 1.31 bits per heavy atom. The minimum Gasteiger partial charge on any atom is -0.322 e. The lowest BCUT2D eigenvalue weighted by atomic mass is 9.97. The van der Waals surface area contributed by atoms with Crippen molar-refractivity contribution in [3.63, 3.8) is 0 Å². The van der Waals surface area contributed by atoms with E-state index < -0.39 is 0 Å². The van der Waals surface area contributed by atoms with Crippen LogP contribution in [0.25, 0.3) is 21.5 Å². The molecular weight excluding hydrogens is 502 g/mol. The second-order valence-electron chi connectivity index (χ2n) is 7.94. The third-order valence-electron chi connectivity index (χ3n) is 5.70. The van der Waals surface area contributed by atoms with Gasteiger partial charge in [-0.1, -0.05) is 60.7 Å². The maximum absolute atomic E-state index is 12.6. The van der Waals surface area contributed by atoms with Crippen LogP contribution in [0.5, 0.6) is 0 Å². The second kappa shape index (κ2) is 9.91. The molecule has 35 heavy (non-hydrogen) atoms. The number of amides is 2. The summed E-state index contributed by atoms with van der Waals surface area (Å²) in [7, 11) is 0. The van der Waals surface area contributed by atoms with Crippen LogP contribution in [-0.4, -0.2) is 18.0 Å². The van der Waals surface area contributed by atoms with Gasteiger partial charge in [-0.05, 0) is 79.9 Å². The van der Waals surface area contributed by atoms with Crippen molar-refractivity contribution >= 4 is 61.2 Å². The molecule has 170 valence electrons. The van der Waals surface area contributed by atoms with Crippen LogP contribution in [0.1, 0.15) is 26.3 Å². The summed E-state index contributed by atoms with van der Waals surface area (Å²) in [5.41, 5.74) is 5.11. The Hall–Kier alpha value is -4.29. The zero-order chi connectivity index (χ0) is 24.2. The molecule has 2 N–H and O–H groups in total. The van der Waals surface area contributed by atoms with Crippen molar-refractivity contribution < 1.29 is 9.59 Å². The number of anilines is 1. The van der Waals surface area contributed by atoms with Gasteiger partial charge >= 0.3 is 0 Å². The quantitative estimate of drug-likeness (QED) is 0.152. The van der Waals surface area contributed by atoms with Gasteiger partial charge in [0.15, 0.2) is 0 Å². The first kappa shape index (κ1) is 22.5. The number of hydrogen-bond donors (Lipinski definition) is 2. The molecule has 5 aromatic carbocycles. The second-order valence-corrected chi connectivity index (χ2v) is 8.80. The van der Waals surface area contributed by atoms with Crippen molar-refractivity contribution in [3.05, 3.63) is 124 Å². The maximum Gasteiger partial charge on any atom is 0.271 e. The highest BCUT2D eigenvalue weighted by Gasteiger charge is 2.11. The lowest BCUT2D eigenvalue weighted by Gasteiger charge is -2.08. The molecule has 0 unspecified atom stereocenters. The van der Waals surface area contributed by atoms with Crippen LogP contribution in [0.15, 0.2) is 113 Å². The lowest BCUT2D eigenvalue weighted by Crippen LogP contribution is -2.18. The summed E-state index contributed by atoms with van der Waals surface area (Å²) >= 11 is 3.38. The first-order chi connectivity index (χ1) is 17.1. The van der Waals surface area contributed by atoms with Gasteiger partial charge in [0.2, 0.25) is 0 Å². The zero-order valence-corrected chi connectivity index (χ0v) is 20.1. The normalized spacial score (nSPS) is 11.1.